The maximum Gasteiger partial charge on any atom is 0.180 e. The standard InChI is InChI=1S/C14H12ClFN4O2/c1-3-22-8-4-5-9(11(16)6-8)13-10(15)7-12-14(17-13)20(12)19(2)18-21/h4-7H,3H2,1-2H3. The Morgan fingerprint density at radius 3 is 2.86 bits per heavy atom. The summed E-state index contributed by atoms with van der Waals surface area (Å²) in [5, 5.41) is 5.65. The van der Waals surface area contributed by atoms with Gasteiger partial charge in [0.15, 0.2) is 5.82 Å². The van der Waals surface area contributed by atoms with Crippen molar-refractivity contribution < 1.29 is 9.13 Å². The van der Waals surface area contributed by atoms with Crippen LogP contribution >= 0.6 is 11.6 Å². The lowest BCUT2D eigenvalue weighted by Gasteiger charge is -2.08. The lowest BCUT2D eigenvalue weighted by molar-refractivity contribution is 0.338. The molecule has 1 aliphatic heterocycles. The Bertz CT molecular complexity index is 756. The van der Waals surface area contributed by atoms with E-state index in [0.717, 1.165) is 5.12 Å². The number of hydrazine groups is 1. The first kappa shape index (κ1) is 14.5. The van der Waals surface area contributed by atoms with Crippen LogP contribution in [0.3, 0.4) is 0 Å². The molecule has 22 heavy (non-hydrogen) atoms. The minimum Gasteiger partial charge on any atom is -0.494 e. The number of nitroso groups, excluding NO2 is 1. The van der Waals surface area contributed by atoms with E-state index in [9.17, 15) is 9.30 Å². The zero-order valence-corrected chi connectivity index (χ0v) is 12.6. The fraction of sp³-hybridized carbons (Fsp3) is 0.214. The molecule has 0 saturated heterocycles. The summed E-state index contributed by atoms with van der Waals surface area (Å²) in [7, 11) is 1.49. The van der Waals surface area contributed by atoms with Gasteiger partial charge in [-0.15, -0.1) is 4.91 Å². The molecule has 1 aromatic carbocycles. The van der Waals surface area contributed by atoms with Crippen molar-refractivity contribution in [1.29, 1.82) is 0 Å². The van der Waals surface area contributed by atoms with E-state index in [1.807, 2.05) is 6.92 Å². The molecular formula is C14H12ClFN4O2. The SMILES string of the molecule is CCOc1ccc(-c2nc3c(cc2Cl)N3N(C)N=O)c(F)c1. The van der Waals surface area contributed by atoms with E-state index in [-0.39, 0.29) is 5.56 Å². The number of pyridine rings is 1. The van der Waals surface area contributed by atoms with Crippen LogP contribution in [0.15, 0.2) is 29.6 Å². The zero-order valence-electron chi connectivity index (χ0n) is 11.9. The van der Waals surface area contributed by atoms with Gasteiger partial charge in [0.2, 0.25) is 0 Å². The number of aromatic nitrogens is 1. The molecule has 0 atom stereocenters. The molecule has 0 N–H and O–H groups in total. The number of fused-ring (bicyclic) bond motifs is 1. The largest absolute Gasteiger partial charge is 0.494 e. The number of nitrogens with zero attached hydrogens (tertiary/aromatic N) is 4. The third-order valence-corrected chi connectivity index (χ3v) is 3.52. The van der Waals surface area contributed by atoms with Crippen LogP contribution in [0.4, 0.5) is 15.9 Å². The van der Waals surface area contributed by atoms with E-state index < -0.39 is 5.82 Å². The molecule has 2 heterocycles. The topological polar surface area (TPSA) is 57.8 Å². The van der Waals surface area contributed by atoms with Gasteiger partial charge in [0, 0.05) is 11.6 Å². The number of hydrogen-bond donors (Lipinski definition) is 0. The van der Waals surface area contributed by atoms with Gasteiger partial charge in [-0.25, -0.2) is 14.4 Å². The fourth-order valence-corrected chi connectivity index (χ4v) is 2.45. The second kappa shape index (κ2) is 5.42. The van der Waals surface area contributed by atoms with Gasteiger partial charge in [-0.2, -0.15) is 5.12 Å². The van der Waals surface area contributed by atoms with Gasteiger partial charge in [0.05, 0.1) is 29.7 Å². The molecule has 0 bridgehead atoms. The number of ether oxygens (including phenoxy) is 1. The zero-order chi connectivity index (χ0) is 15.9. The van der Waals surface area contributed by atoms with Crippen molar-refractivity contribution in [2.45, 2.75) is 6.92 Å². The van der Waals surface area contributed by atoms with Gasteiger partial charge < -0.3 is 4.74 Å². The molecule has 1 aliphatic rings. The molecule has 0 radical (unpaired) electrons. The molecule has 6 nitrogen and oxygen atoms in total. The van der Waals surface area contributed by atoms with Crippen molar-refractivity contribution in [2.24, 2.45) is 5.29 Å². The van der Waals surface area contributed by atoms with Crippen LogP contribution in [0.5, 0.6) is 5.75 Å². The lowest BCUT2D eigenvalue weighted by Crippen LogP contribution is -2.19. The summed E-state index contributed by atoms with van der Waals surface area (Å²) in [6.45, 7) is 2.28. The maximum absolute atomic E-state index is 14.2. The van der Waals surface area contributed by atoms with Crippen LogP contribution in [0, 0.1) is 10.7 Å². The minimum absolute atomic E-state index is 0.268. The van der Waals surface area contributed by atoms with E-state index in [1.54, 1.807) is 18.2 Å². The summed E-state index contributed by atoms with van der Waals surface area (Å²) in [5.41, 5.74) is 1.25. The molecule has 0 fully saturated rings. The smallest absolute Gasteiger partial charge is 0.180 e. The highest BCUT2D eigenvalue weighted by atomic mass is 35.5. The molecule has 8 heteroatoms. The van der Waals surface area contributed by atoms with Crippen molar-refractivity contribution in [3.8, 4) is 17.0 Å². The van der Waals surface area contributed by atoms with Crippen molar-refractivity contribution in [3.05, 3.63) is 40.0 Å². The molecule has 0 spiro atoms. The van der Waals surface area contributed by atoms with E-state index in [1.165, 1.54) is 18.1 Å². The maximum atomic E-state index is 14.2. The summed E-state index contributed by atoms with van der Waals surface area (Å²) in [6.07, 6.45) is 0. The highest BCUT2D eigenvalue weighted by molar-refractivity contribution is 6.33. The second-order valence-electron chi connectivity index (χ2n) is 4.62. The Morgan fingerprint density at radius 2 is 2.23 bits per heavy atom. The molecular weight excluding hydrogens is 311 g/mol. The Morgan fingerprint density at radius 1 is 1.45 bits per heavy atom. The average Bonchev–Trinajstić information content (AvgIpc) is 3.19. The third-order valence-electron chi connectivity index (χ3n) is 3.23. The molecule has 114 valence electrons. The van der Waals surface area contributed by atoms with Crippen LogP contribution in [-0.2, 0) is 0 Å². The van der Waals surface area contributed by atoms with Crippen molar-refractivity contribution in [2.75, 3.05) is 18.7 Å². The van der Waals surface area contributed by atoms with E-state index in [2.05, 4.69) is 10.3 Å². The normalized spacial score (nSPS) is 11.9. The molecule has 1 aromatic heterocycles. The number of rotatable bonds is 5. The molecule has 0 unspecified atom stereocenters. The van der Waals surface area contributed by atoms with Gasteiger partial charge in [-0.3, -0.25) is 0 Å². The number of hydrogen-bond acceptors (Lipinski definition) is 5. The molecule has 3 rings (SSSR count). The molecule has 0 saturated carbocycles. The summed E-state index contributed by atoms with van der Waals surface area (Å²) < 4.78 is 19.5. The summed E-state index contributed by atoms with van der Waals surface area (Å²) in [6, 6.07) is 6.13. The Kier molecular flexibility index (Phi) is 3.58. The quantitative estimate of drug-likeness (QED) is 0.474. The van der Waals surface area contributed by atoms with E-state index in [0.29, 0.717) is 34.6 Å². The van der Waals surface area contributed by atoms with Crippen LogP contribution in [0.1, 0.15) is 6.92 Å². The second-order valence-corrected chi connectivity index (χ2v) is 5.03. The molecule has 0 aliphatic carbocycles. The monoisotopic (exact) mass is 322 g/mol. The average molecular weight is 323 g/mol. The third kappa shape index (κ3) is 2.33. The predicted molar refractivity (Wildman–Crippen MR) is 81.5 cm³/mol. The van der Waals surface area contributed by atoms with Crippen LogP contribution in [0.2, 0.25) is 5.02 Å². The van der Waals surface area contributed by atoms with Gasteiger partial charge in [-0.1, -0.05) is 11.6 Å². The highest BCUT2D eigenvalue weighted by Crippen LogP contribution is 2.50. The fourth-order valence-electron chi connectivity index (χ4n) is 2.20. The number of benzene rings is 1. The minimum atomic E-state index is -0.477. The van der Waals surface area contributed by atoms with Gasteiger partial charge in [0.25, 0.3) is 0 Å². The van der Waals surface area contributed by atoms with Crippen molar-refractivity contribution >= 4 is 23.1 Å². The van der Waals surface area contributed by atoms with Gasteiger partial charge in [-0.05, 0) is 25.1 Å². The molecule has 0 amide bonds. The summed E-state index contributed by atoms with van der Waals surface area (Å²) in [5.74, 6) is 0.488. The number of halogens is 2. The first-order chi connectivity index (χ1) is 10.6. The first-order valence-corrected chi connectivity index (χ1v) is 6.95. The summed E-state index contributed by atoms with van der Waals surface area (Å²) >= 11 is 6.17. The van der Waals surface area contributed by atoms with Crippen LogP contribution < -0.4 is 9.75 Å². The van der Waals surface area contributed by atoms with Crippen LogP contribution in [-0.4, -0.2) is 23.8 Å². The number of anilines is 2. The van der Waals surface area contributed by atoms with Gasteiger partial charge >= 0.3 is 0 Å². The predicted octanol–water partition coefficient (Wildman–Crippen LogP) is 3.92. The summed E-state index contributed by atoms with van der Waals surface area (Å²) in [4.78, 5) is 14.8. The first-order valence-electron chi connectivity index (χ1n) is 6.57. The van der Waals surface area contributed by atoms with E-state index >= 15 is 0 Å². The van der Waals surface area contributed by atoms with E-state index in [4.69, 9.17) is 16.3 Å². The Balaban J connectivity index is 1.98. The van der Waals surface area contributed by atoms with Crippen molar-refractivity contribution in [1.82, 2.24) is 10.1 Å². The Hall–Kier alpha value is -2.41. The highest BCUT2D eigenvalue weighted by Gasteiger charge is 2.37. The van der Waals surface area contributed by atoms with Crippen molar-refractivity contribution in [3.63, 3.8) is 0 Å². The lowest BCUT2D eigenvalue weighted by atomic mass is 10.1. The van der Waals surface area contributed by atoms with Crippen LogP contribution in [0.25, 0.3) is 11.3 Å². The Labute approximate surface area is 131 Å². The van der Waals surface area contributed by atoms with Gasteiger partial charge in [0.1, 0.15) is 17.3 Å². The molecule has 2 aromatic rings.